The highest BCUT2D eigenvalue weighted by atomic mass is 16.4. The van der Waals surface area contributed by atoms with E-state index in [0.717, 1.165) is 19.4 Å². The van der Waals surface area contributed by atoms with Crippen molar-refractivity contribution in [2.24, 2.45) is 11.7 Å². The number of hydrogen-bond acceptors (Lipinski definition) is 3. The number of piperidine rings is 1. The molecule has 1 heterocycles. The fourth-order valence-corrected chi connectivity index (χ4v) is 1.98. The number of hydrogen-bond donors (Lipinski definition) is 2. The van der Waals surface area contributed by atoms with Crippen LogP contribution >= 0.6 is 0 Å². The SMILES string of the molecule is NCC(=O)N1CCCC(CCC(=O)O)C1. The topological polar surface area (TPSA) is 83.6 Å². The van der Waals surface area contributed by atoms with E-state index in [1.165, 1.54) is 0 Å². The van der Waals surface area contributed by atoms with E-state index in [1.54, 1.807) is 4.90 Å². The molecule has 1 atom stereocenters. The Bertz CT molecular complexity index is 243. The second kappa shape index (κ2) is 5.70. The maximum absolute atomic E-state index is 11.3. The smallest absolute Gasteiger partial charge is 0.303 e. The Labute approximate surface area is 89.2 Å². The van der Waals surface area contributed by atoms with Crippen LogP contribution in [0.3, 0.4) is 0 Å². The Morgan fingerprint density at radius 2 is 2.20 bits per heavy atom. The van der Waals surface area contributed by atoms with Crippen molar-refractivity contribution in [2.75, 3.05) is 19.6 Å². The lowest BCUT2D eigenvalue weighted by Crippen LogP contribution is -2.42. The number of carbonyl (C=O) groups excluding carboxylic acids is 1. The van der Waals surface area contributed by atoms with Crippen LogP contribution in [0, 0.1) is 5.92 Å². The summed E-state index contributed by atoms with van der Waals surface area (Å²) in [5.74, 6) is -0.474. The molecule has 0 saturated carbocycles. The third-order valence-electron chi connectivity index (χ3n) is 2.81. The number of aliphatic carboxylic acids is 1. The van der Waals surface area contributed by atoms with E-state index in [1.807, 2.05) is 0 Å². The molecule has 5 heteroatoms. The predicted octanol–water partition coefficient (Wildman–Crippen LogP) is 0.0485. The Balaban J connectivity index is 2.35. The lowest BCUT2D eigenvalue weighted by Gasteiger charge is -2.32. The molecular formula is C10H18N2O3. The van der Waals surface area contributed by atoms with Gasteiger partial charge in [-0.1, -0.05) is 0 Å². The molecular weight excluding hydrogens is 196 g/mol. The van der Waals surface area contributed by atoms with Gasteiger partial charge in [0.05, 0.1) is 6.54 Å². The number of rotatable bonds is 4. The Kier molecular flexibility index (Phi) is 4.55. The molecule has 1 rings (SSSR count). The van der Waals surface area contributed by atoms with Gasteiger partial charge in [-0.15, -0.1) is 0 Å². The molecule has 0 bridgehead atoms. The second-order valence-electron chi connectivity index (χ2n) is 3.98. The summed E-state index contributed by atoms with van der Waals surface area (Å²) in [6.07, 6.45) is 2.82. The van der Waals surface area contributed by atoms with E-state index in [2.05, 4.69) is 0 Å². The number of likely N-dealkylation sites (tertiary alicyclic amines) is 1. The molecule has 0 aromatic heterocycles. The molecule has 15 heavy (non-hydrogen) atoms. The Hall–Kier alpha value is -1.10. The minimum atomic E-state index is -0.766. The zero-order chi connectivity index (χ0) is 11.3. The summed E-state index contributed by atoms with van der Waals surface area (Å²) in [6, 6.07) is 0. The maximum Gasteiger partial charge on any atom is 0.303 e. The molecule has 1 aliphatic heterocycles. The maximum atomic E-state index is 11.3. The van der Waals surface area contributed by atoms with Crippen LogP contribution in [0.4, 0.5) is 0 Å². The lowest BCUT2D eigenvalue weighted by atomic mass is 9.93. The summed E-state index contributed by atoms with van der Waals surface area (Å²) in [6.45, 7) is 1.48. The molecule has 86 valence electrons. The van der Waals surface area contributed by atoms with Crippen molar-refractivity contribution in [1.82, 2.24) is 4.90 Å². The van der Waals surface area contributed by atoms with Crippen LogP contribution in [0.15, 0.2) is 0 Å². The molecule has 0 radical (unpaired) electrons. The number of carbonyl (C=O) groups is 2. The third kappa shape index (κ3) is 3.87. The molecule has 0 aliphatic carbocycles. The van der Waals surface area contributed by atoms with Crippen LogP contribution in [0.5, 0.6) is 0 Å². The molecule has 0 spiro atoms. The van der Waals surface area contributed by atoms with E-state index in [9.17, 15) is 9.59 Å². The summed E-state index contributed by atoms with van der Waals surface area (Å²) in [5, 5.41) is 8.56. The van der Waals surface area contributed by atoms with Gasteiger partial charge in [-0.25, -0.2) is 0 Å². The van der Waals surface area contributed by atoms with Crippen molar-refractivity contribution < 1.29 is 14.7 Å². The molecule has 1 unspecified atom stereocenters. The van der Waals surface area contributed by atoms with Gasteiger partial charge in [0.15, 0.2) is 0 Å². The van der Waals surface area contributed by atoms with Crippen LogP contribution in [-0.4, -0.2) is 41.5 Å². The monoisotopic (exact) mass is 214 g/mol. The number of carboxylic acids is 1. The summed E-state index contributed by atoms with van der Waals surface area (Å²) in [5.41, 5.74) is 5.29. The third-order valence-corrected chi connectivity index (χ3v) is 2.81. The van der Waals surface area contributed by atoms with Gasteiger partial charge in [-0.2, -0.15) is 0 Å². The predicted molar refractivity (Wildman–Crippen MR) is 55.2 cm³/mol. The van der Waals surface area contributed by atoms with Crippen molar-refractivity contribution in [1.29, 1.82) is 0 Å². The highest BCUT2D eigenvalue weighted by Gasteiger charge is 2.22. The van der Waals surface area contributed by atoms with Crippen LogP contribution in [0.1, 0.15) is 25.7 Å². The first-order valence-electron chi connectivity index (χ1n) is 5.33. The lowest BCUT2D eigenvalue weighted by molar-refractivity contribution is -0.137. The fourth-order valence-electron chi connectivity index (χ4n) is 1.98. The van der Waals surface area contributed by atoms with Gasteiger partial charge in [0.2, 0.25) is 5.91 Å². The van der Waals surface area contributed by atoms with E-state index in [-0.39, 0.29) is 18.9 Å². The standard InChI is InChI=1S/C10H18N2O3/c11-6-9(13)12-5-1-2-8(7-12)3-4-10(14)15/h8H,1-7,11H2,(H,14,15). The highest BCUT2D eigenvalue weighted by Crippen LogP contribution is 2.20. The zero-order valence-electron chi connectivity index (χ0n) is 8.82. The van der Waals surface area contributed by atoms with Gasteiger partial charge in [0.25, 0.3) is 0 Å². The molecule has 1 aliphatic rings. The van der Waals surface area contributed by atoms with Crippen LogP contribution in [-0.2, 0) is 9.59 Å². The van der Waals surface area contributed by atoms with Crippen LogP contribution < -0.4 is 5.73 Å². The first-order chi connectivity index (χ1) is 7.13. The molecule has 0 aromatic rings. The molecule has 3 N–H and O–H groups in total. The number of nitrogens with two attached hydrogens (primary N) is 1. The highest BCUT2D eigenvalue weighted by molar-refractivity contribution is 5.78. The summed E-state index contributed by atoms with van der Waals surface area (Å²) in [4.78, 5) is 23.5. The average Bonchev–Trinajstić information content (AvgIpc) is 2.25. The largest absolute Gasteiger partial charge is 0.481 e. The summed E-state index contributed by atoms with van der Waals surface area (Å²) in [7, 11) is 0. The van der Waals surface area contributed by atoms with Gasteiger partial charge in [0, 0.05) is 19.5 Å². The van der Waals surface area contributed by atoms with Crippen molar-refractivity contribution >= 4 is 11.9 Å². The second-order valence-corrected chi connectivity index (χ2v) is 3.98. The Morgan fingerprint density at radius 3 is 2.80 bits per heavy atom. The van der Waals surface area contributed by atoms with Crippen molar-refractivity contribution in [3.63, 3.8) is 0 Å². The first kappa shape index (κ1) is 12.0. The van der Waals surface area contributed by atoms with E-state index < -0.39 is 5.97 Å². The van der Waals surface area contributed by atoms with E-state index >= 15 is 0 Å². The summed E-state index contributed by atoms with van der Waals surface area (Å²) >= 11 is 0. The number of nitrogens with zero attached hydrogens (tertiary/aromatic N) is 1. The minimum absolute atomic E-state index is 0.0324. The molecule has 1 fully saturated rings. The number of carboxylic acid groups (broad SMARTS) is 1. The normalized spacial score (nSPS) is 21.4. The first-order valence-corrected chi connectivity index (χ1v) is 5.33. The summed E-state index contributed by atoms with van der Waals surface area (Å²) < 4.78 is 0. The van der Waals surface area contributed by atoms with Crippen molar-refractivity contribution in [3.8, 4) is 0 Å². The van der Waals surface area contributed by atoms with Gasteiger partial charge in [-0.05, 0) is 25.2 Å². The van der Waals surface area contributed by atoms with Gasteiger partial charge in [-0.3, -0.25) is 9.59 Å². The van der Waals surface area contributed by atoms with Gasteiger partial charge >= 0.3 is 5.97 Å². The fraction of sp³-hybridized carbons (Fsp3) is 0.800. The molecule has 1 amide bonds. The molecule has 5 nitrogen and oxygen atoms in total. The minimum Gasteiger partial charge on any atom is -0.481 e. The van der Waals surface area contributed by atoms with Gasteiger partial charge in [0.1, 0.15) is 0 Å². The zero-order valence-corrected chi connectivity index (χ0v) is 8.82. The average molecular weight is 214 g/mol. The van der Waals surface area contributed by atoms with Crippen LogP contribution in [0.25, 0.3) is 0 Å². The van der Waals surface area contributed by atoms with Crippen molar-refractivity contribution in [3.05, 3.63) is 0 Å². The molecule has 0 aromatic carbocycles. The Morgan fingerprint density at radius 1 is 1.47 bits per heavy atom. The van der Waals surface area contributed by atoms with E-state index in [4.69, 9.17) is 10.8 Å². The number of amides is 1. The quantitative estimate of drug-likeness (QED) is 0.692. The van der Waals surface area contributed by atoms with E-state index in [0.29, 0.717) is 18.9 Å². The van der Waals surface area contributed by atoms with Gasteiger partial charge < -0.3 is 15.7 Å². The molecule has 1 saturated heterocycles. The van der Waals surface area contributed by atoms with Crippen molar-refractivity contribution in [2.45, 2.75) is 25.7 Å². The van der Waals surface area contributed by atoms with Crippen LogP contribution in [0.2, 0.25) is 0 Å².